The van der Waals surface area contributed by atoms with E-state index in [1.54, 1.807) is 0 Å². The summed E-state index contributed by atoms with van der Waals surface area (Å²) in [5.74, 6) is 0. The molecule has 1 atom stereocenters. The molecular weight excluding hydrogens is 124 g/mol. The first-order chi connectivity index (χ1) is 4.33. The van der Waals surface area contributed by atoms with Crippen LogP contribution in [-0.2, 0) is 0 Å². The maximum atomic E-state index is 9.64. The van der Waals surface area contributed by atoms with Crippen LogP contribution in [0, 0.1) is 5.41 Å². The average molecular weight is 140 g/mol. The van der Waals surface area contributed by atoms with E-state index < -0.39 is 5.60 Å². The monoisotopic (exact) mass is 140 g/mol. The van der Waals surface area contributed by atoms with E-state index in [0.717, 1.165) is 12.8 Å². The molecule has 10 heavy (non-hydrogen) atoms. The van der Waals surface area contributed by atoms with E-state index in [1.165, 1.54) is 5.57 Å². The topological polar surface area (TPSA) is 20.2 Å². The molecule has 58 valence electrons. The average Bonchev–Trinajstić information content (AvgIpc) is 1.73. The summed E-state index contributed by atoms with van der Waals surface area (Å²) < 4.78 is 0. The van der Waals surface area contributed by atoms with Crippen LogP contribution in [0.25, 0.3) is 0 Å². The maximum Gasteiger partial charge on any atom is 0.0665 e. The Morgan fingerprint density at radius 1 is 1.40 bits per heavy atom. The van der Waals surface area contributed by atoms with Gasteiger partial charge in [0.15, 0.2) is 0 Å². The van der Waals surface area contributed by atoms with Crippen molar-refractivity contribution in [2.75, 3.05) is 0 Å². The van der Waals surface area contributed by atoms with E-state index in [0.29, 0.717) is 0 Å². The molecule has 0 heterocycles. The molecule has 0 aromatic heterocycles. The standard InChI is InChI=1S/C9H16O/c1-7-5-9(4,10)6-8(7,2)3/h10H,1,5-6H2,2-4H3. The molecule has 0 radical (unpaired) electrons. The van der Waals surface area contributed by atoms with Crippen LogP contribution in [0.15, 0.2) is 12.2 Å². The second-order valence-corrected chi connectivity index (χ2v) is 4.34. The molecule has 1 aliphatic carbocycles. The number of aliphatic hydroxyl groups is 1. The van der Waals surface area contributed by atoms with Crippen molar-refractivity contribution < 1.29 is 5.11 Å². The predicted octanol–water partition coefficient (Wildman–Crippen LogP) is 2.11. The van der Waals surface area contributed by atoms with E-state index in [9.17, 15) is 5.11 Å². The Bertz CT molecular complexity index is 166. The first kappa shape index (κ1) is 7.80. The molecule has 0 spiro atoms. The Morgan fingerprint density at radius 2 is 1.90 bits per heavy atom. The summed E-state index contributed by atoms with van der Waals surface area (Å²) in [4.78, 5) is 0. The number of hydrogen-bond acceptors (Lipinski definition) is 1. The molecule has 0 aromatic carbocycles. The molecule has 1 N–H and O–H groups in total. The van der Waals surface area contributed by atoms with Crippen molar-refractivity contribution >= 4 is 0 Å². The van der Waals surface area contributed by atoms with Crippen LogP contribution in [0.5, 0.6) is 0 Å². The van der Waals surface area contributed by atoms with Gasteiger partial charge in [-0.15, -0.1) is 0 Å². The minimum absolute atomic E-state index is 0.142. The number of rotatable bonds is 0. The predicted molar refractivity (Wildman–Crippen MR) is 42.8 cm³/mol. The zero-order chi connectivity index (χ0) is 7.99. The van der Waals surface area contributed by atoms with E-state index in [-0.39, 0.29) is 5.41 Å². The van der Waals surface area contributed by atoms with Gasteiger partial charge in [0.1, 0.15) is 0 Å². The lowest BCUT2D eigenvalue weighted by atomic mass is 9.87. The molecule has 1 fully saturated rings. The summed E-state index contributed by atoms with van der Waals surface area (Å²) in [6.45, 7) is 10.1. The highest BCUT2D eigenvalue weighted by atomic mass is 16.3. The van der Waals surface area contributed by atoms with Crippen molar-refractivity contribution in [2.45, 2.75) is 39.2 Å². The lowest BCUT2D eigenvalue weighted by Gasteiger charge is -2.20. The molecule has 0 aromatic rings. The Kier molecular flexibility index (Phi) is 1.44. The summed E-state index contributed by atoms with van der Waals surface area (Å²) in [6, 6.07) is 0. The van der Waals surface area contributed by atoms with Crippen molar-refractivity contribution in [3.05, 3.63) is 12.2 Å². The summed E-state index contributed by atoms with van der Waals surface area (Å²) in [5, 5.41) is 9.64. The highest BCUT2D eigenvalue weighted by Crippen LogP contribution is 2.46. The third-order valence-electron chi connectivity index (χ3n) is 2.37. The van der Waals surface area contributed by atoms with Crippen LogP contribution in [-0.4, -0.2) is 10.7 Å². The van der Waals surface area contributed by atoms with Crippen LogP contribution >= 0.6 is 0 Å². The van der Waals surface area contributed by atoms with Gasteiger partial charge in [0.2, 0.25) is 0 Å². The van der Waals surface area contributed by atoms with Crippen molar-refractivity contribution in [2.24, 2.45) is 5.41 Å². The van der Waals surface area contributed by atoms with Gasteiger partial charge < -0.3 is 5.11 Å². The highest BCUT2D eigenvalue weighted by Gasteiger charge is 2.40. The molecule has 1 unspecified atom stereocenters. The van der Waals surface area contributed by atoms with Crippen LogP contribution < -0.4 is 0 Å². The summed E-state index contributed by atoms with van der Waals surface area (Å²) in [6.07, 6.45) is 1.61. The molecule has 0 saturated heterocycles. The fourth-order valence-corrected chi connectivity index (χ4v) is 1.84. The lowest BCUT2D eigenvalue weighted by molar-refractivity contribution is 0.0574. The SMILES string of the molecule is C=C1CC(C)(O)CC1(C)C. The van der Waals surface area contributed by atoms with Crippen LogP contribution in [0.2, 0.25) is 0 Å². The summed E-state index contributed by atoms with van der Waals surface area (Å²) in [5.41, 5.74) is 0.821. The van der Waals surface area contributed by atoms with Gasteiger partial charge in [-0.1, -0.05) is 26.0 Å². The smallest absolute Gasteiger partial charge is 0.0665 e. The second kappa shape index (κ2) is 1.85. The highest BCUT2D eigenvalue weighted by molar-refractivity contribution is 5.18. The number of hydrogen-bond donors (Lipinski definition) is 1. The zero-order valence-corrected chi connectivity index (χ0v) is 7.07. The molecule has 1 aliphatic rings. The molecule has 1 heteroatoms. The van der Waals surface area contributed by atoms with Gasteiger partial charge in [-0.05, 0) is 25.2 Å². The summed E-state index contributed by atoms with van der Waals surface area (Å²) in [7, 11) is 0. The minimum atomic E-state index is -0.499. The van der Waals surface area contributed by atoms with Crippen LogP contribution in [0.1, 0.15) is 33.6 Å². The largest absolute Gasteiger partial charge is 0.390 e. The third kappa shape index (κ3) is 1.24. The molecule has 0 amide bonds. The van der Waals surface area contributed by atoms with Gasteiger partial charge in [-0.2, -0.15) is 0 Å². The van der Waals surface area contributed by atoms with Gasteiger partial charge in [-0.25, -0.2) is 0 Å². The fraction of sp³-hybridized carbons (Fsp3) is 0.778. The maximum absolute atomic E-state index is 9.64. The first-order valence-electron chi connectivity index (χ1n) is 3.74. The Morgan fingerprint density at radius 3 is 2.00 bits per heavy atom. The molecule has 1 saturated carbocycles. The van der Waals surface area contributed by atoms with Gasteiger partial charge in [0.05, 0.1) is 5.60 Å². The zero-order valence-electron chi connectivity index (χ0n) is 7.07. The molecular formula is C9H16O. The quantitative estimate of drug-likeness (QED) is 0.511. The first-order valence-corrected chi connectivity index (χ1v) is 3.74. The van der Waals surface area contributed by atoms with E-state index in [2.05, 4.69) is 20.4 Å². The van der Waals surface area contributed by atoms with E-state index >= 15 is 0 Å². The molecule has 1 nitrogen and oxygen atoms in total. The third-order valence-corrected chi connectivity index (χ3v) is 2.37. The summed E-state index contributed by atoms with van der Waals surface area (Å²) >= 11 is 0. The van der Waals surface area contributed by atoms with E-state index in [1.807, 2.05) is 6.92 Å². The van der Waals surface area contributed by atoms with Crippen molar-refractivity contribution in [3.8, 4) is 0 Å². The normalized spacial score (nSPS) is 38.6. The molecule has 0 bridgehead atoms. The second-order valence-electron chi connectivity index (χ2n) is 4.34. The fourth-order valence-electron chi connectivity index (χ4n) is 1.84. The Balaban J connectivity index is 2.81. The van der Waals surface area contributed by atoms with Crippen molar-refractivity contribution in [1.29, 1.82) is 0 Å². The van der Waals surface area contributed by atoms with Gasteiger partial charge in [-0.3, -0.25) is 0 Å². The molecule has 0 aliphatic heterocycles. The Labute approximate surface area is 62.8 Å². The van der Waals surface area contributed by atoms with E-state index in [4.69, 9.17) is 0 Å². The van der Waals surface area contributed by atoms with Crippen LogP contribution in [0.4, 0.5) is 0 Å². The van der Waals surface area contributed by atoms with Crippen molar-refractivity contribution in [3.63, 3.8) is 0 Å². The van der Waals surface area contributed by atoms with Crippen molar-refractivity contribution in [1.82, 2.24) is 0 Å². The minimum Gasteiger partial charge on any atom is -0.390 e. The van der Waals surface area contributed by atoms with Gasteiger partial charge >= 0.3 is 0 Å². The van der Waals surface area contributed by atoms with Gasteiger partial charge in [0, 0.05) is 0 Å². The molecule has 1 rings (SSSR count). The van der Waals surface area contributed by atoms with Crippen LogP contribution in [0.3, 0.4) is 0 Å². The Hall–Kier alpha value is -0.300. The van der Waals surface area contributed by atoms with Gasteiger partial charge in [0.25, 0.3) is 0 Å². The lowest BCUT2D eigenvalue weighted by Crippen LogP contribution is -2.20.